The Morgan fingerprint density at radius 2 is 0.758 bits per heavy atom. The van der Waals surface area contributed by atoms with E-state index in [1.54, 1.807) is 11.3 Å². The number of fused-ring (bicyclic) bond motifs is 17. The van der Waals surface area contributed by atoms with Crippen molar-refractivity contribution in [1.29, 1.82) is 0 Å². The molecule has 0 aliphatic carbocycles. The number of rotatable bonds is 8. The van der Waals surface area contributed by atoms with E-state index >= 15 is 0 Å². The summed E-state index contributed by atoms with van der Waals surface area (Å²) in [6.07, 6.45) is 0. The Hall–Kier alpha value is -12.2. The maximum absolute atomic E-state index is 9.72. The summed E-state index contributed by atoms with van der Waals surface area (Å²) < 4.78 is 21.2. The standard InChI is InChI=1S/C82H46N6O2S/c1-83-64-47-63(82-85-80(51-26-12-5-13-27-51)84-81(86-82)54-34-37-58-57-30-16-19-33-71(57)91-72(58)46-54)73(50-24-10-4-11-25-50)77(88-66-41-36-53(49-22-8-3-9-23-49)45-62(66)75-68(88)43-39-60-56-29-15-18-32-70(56)90-79(60)75)76(64)87-65-40-35-52(48-20-6-2-7-21-48)44-61(65)74-67(87)42-38-59-55-28-14-17-31-69(55)89-78(59)74/h2-47H. The summed E-state index contributed by atoms with van der Waals surface area (Å²) in [5, 5.41) is 10.3. The Kier molecular flexibility index (Phi) is 11.1. The molecule has 9 heteroatoms. The van der Waals surface area contributed by atoms with Crippen LogP contribution < -0.4 is 0 Å². The number of para-hydroxylation sites is 2. The van der Waals surface area contributed by atoms with E-state index in [4.69, 9.17) is 28.6 Å². The molecule has 422 valence electrons. The molecule has 6 heterocycles. The topological polar surface area (TPSA) is 79.2 Å². The number of benzene rings is 13. The molecule has 8 nitrogen and oxygen atoms in total. The number of thiophene rings is 1. The predicted octanol–water partition coefficient (Wildman–Crippen LogP) is 22.8. The average molecular weight is 1180 g/mol. The molecule has 6 aromatic heterocycles. The maximum atomic E-state index is 9.72. The first-order valence-electron chi connectivity index (χ1n) is 30.3. The number of nitrogens with zero attached hydrogens (tertiary/aromatic N) is 6. The van der Waals surface area contributed by atoms with Gasteiger partial charge in [-0.3, -0.25) is 0 Å². The lowest BCUT2D eigenvalue weighted by Gasteiger charge is -2.25. The van der Waals surface area contributed by atoms with Crippen LogP contribution in [0.5, 0.6) is 0 Å². The normalized spacial score (nSPS) is 11.9. The highest BCUT2D eigenvalue weighted by atomic mass is 32.1. The van der Waals surface area contributed by atoms with Crippen molar-refractivity contribution in [2.45, 2.75) is 0 Å². The van der Waals surface area contributed by atoms with Crippen LogP contribution in [0.4, 0.5) is 5.69 Å². The fourth-order valence-electron chi connectivity index (χ4n) is 14.1. The van der Waals surface area contributed by atoms with Gasteiger partial charge in [0.1, 0.15) is 22.3 Å². The quantitative estimate of drug-likeness (QED) is 0.142. The van der Waals surface area contributed by atoms with Crippen LogP contribution in [-0.2, 0) is 0 Å². The summed E-state index contributed by atoms with van der Waals surface area (Å²) >= 11 is 1.76. The highest BCUT2D eigenvalue weighted by Crippen LogP contribution is 2.53. The van der Waals surface area contributed by atoms with Crippen molar-refractivity contribution in [3.05, 3.63) is 290 Å². The number of hydrogen-bond donors (Lipinski definition) is 0. The molecule has 13 aromatic carbocycles. The van der Waals surface area contributed by atoms with Gasteiger partial charge in [-0.2, -0.15) is 0 Å². The molecule has 0 amide bonds. The molecule has 0 aliphatic rings. The van der Waals surface area contributed by atoms with Crippen molar-refractivity contribution in [3.8, 4) is 78.9 Å². The van der Waals surface area contributed by atoms with E-state index < -0.39 is 0 Å². The fraction of sp³-hybridized carbons (Fsp3) is 0. The highest BCUT2D eigenvalue weighted by Gasteiger charge is 2.32. The molecule has 0 saturated carbocycles. The minimum atomic E-state index is 0.385. The van der Waals surface area contributed by atoms with Crippen LogP contribution >= 0.6 is 11.3 Å². The van der Waals surface area contributed by atoms with Crippen molar-refractivity contribution in [2.75, 3.05) is 0 Å². The van der Waals surface area contributed by atoms with Gasteiger partial charge in [0.2, 0.25) is 5.69 Å². The molecule has 0 saturated heterocycles. The Balaban J connectivity index is 1.01. The van der Waals surface area contributed by atoms with Crippen molar-refractivity contribution in [2.24, 2.45) is 0 Å². The first-order chi connectivity index (χ1) is 45.1. The van der Waals surface area contributed by atoms with Crippen molar-refractivity contribution < 1.29 is 8.83 Å². The molecule has 91 heavy (non-hydrogen) atoms. The lowest BCUT2D eigenvalue weighted by Crippen LogP contribution is -2.09. The average Bonchev–Trinajstić information content (AvgIpc) is 1.87. The van der Waals surface area contributed by atoms with Crippen molar-refractivity contribution in [1.82, 2.24) is 24.1 Å². The van der Waals surface area contributed by atoms with Gasteiger partial charge in [0, 0.05) is 74.7 Å². The SMILES string of the molecule is [C-]#[N+]c1cc(-c2nc(-c3ccccc3)nc(-c3ccc4c(c3)sc3ccccc34)n2)c(-c2ccccc2)c(-n2c3ccc(-c4ccccc4)cc3c3c4oc5ccccc5c4ccc32)c1-n1c2ccc(-c3ccccc3)cc2c2c3oc4ccccc4c3ccc21. The second-order valence-electron chi connectivity index (χ2n) is 23.2. The van der Waals surface area contributed by atoms with Gasteiger partial charge >= 0.3 is 0 Å². The first kappa shape index (κ1) is 50.9. The molecule has 0 radical (unpaired) electrons. The summed E-state index contributed by atoms with van der Waals surface area (Å²) in [4.78, 5) is 21.2. The Morgan fingerprint density at radius 3 is 1.33 bits per heavy atom. The molecule has 0 bridgehead atoms. The third-order valence-electron chi connectivity index (χ3n) is 18.2. The molecule has 0 unspecified atom stereocenters. The fourth-order valence-corrected chi connectivity index (χ4v) is 15.3. The summed E-state index contributed by atoms with van der Waals surface area (Å²) in [5.41, 5.74) is 16.9. The van der Waals surface area contributed by atoms with Crippen LogP contribution in [0.1, 0.15) is 0 Å². The summed E-state index contributed by atoms with van der Waals surface area (Å²) in [5.74, 6) is 1.44. The van der Waals surface area contributed by atoms with E-state index in [-0.39, 0.29) is 0 Å². The van der Waals surface area contributed by atoms with Gasteiger partial charge in [0.25, 0.3) is 0 Å². The molecular weight excluding hydrogens is 1130 g/mol. The Labute approximate surface area is 523 Å². The lowest BCUT2D eigenvalue weighted by molar-refractivity contribution is 0.672. The molecule has 0 aliphatic heterocycles. The second kappa shape index (κ2) is 19.9. The van der Waals surface area contributed by atoms with E-state index in [1.807, 2.05) is 60.7 Å². The van der Waals surface area contributed by atoms with Gasteiger partial charge in [-0.05, 0) is 107 Å². The van der Waals surface area contributed by atoms with E-state index in [9.17, 15) is 6.57 Å². The Bertz CT molecular complexity index is 6270. The van der Waals surface area contributed by atoms with Gasteiger partial charge in [0.05, 0.1) is 50.8 Å². The molecule has 19 rings (SSSR count). The predicted molar refractivity (Wildman–Crippen MR) is 375 cm³/mol. The van der Waals surface area contributed by atoms with Crippen LogP contribution in [0.25, 0.3) is 191 Å². The zero-order valence-electron chi connectivity index (χ0n) is 48.5. The van der Waals surface area contributed by atoms with E-state index in [2.05, 4.69) is 228 Å². The van der Waals surface area contributed by atoms with Crippen LogP contribution in [0.15, 0.2) is 288 Å². The summed E-state index contributed by atoms with van der Waals surface area (Å²) in [7, 11) is 0. The molecule has 0 N–H and O–H groups in total. The lowest BCUT2D eigenvalue weighted by atomic mass is 9.93. The Morgan fingerprint density at radius 1 is 0.319 bits per heavy atom. The minimum absolute atomic E-state index is 0.385. The monoisotopic (exact) mass is 1180 g/mol. The van der Waals surface area contributed by atoms with Crippen molar-refractivity contribution in [3.63, 3.8) is 0 Å². The molecular formula is C82H46N6O2S. The molecule has 0 spiro atoms. The zero-order valence-corrected chi connectivity index (χ0v) is 49.3. The zero-order chi connectivity index (χ0) is 59.8. The largest absolute Gasteiger partial charge is 0.455 e. The smallest absolute Gasteiger partial charge is 0.213 e. The van der Waals surface area contributed by atoms with Gasteiger partial charge in [-0.25, -0.2) is 19.8 Å². The molecule has 0 fully saturated rings. The number of aromatic nitrogens is 5. The third kappa shape index (κ3) is 7.77. The first-order valence-corrected chi connectivity index (χ1v) is 31.2. The third-order valence-corrected chi connectivity index (χ3v) is 19.3. The van der Waals surface area contributed by atoms with Gasteiger partial charge in [-0.1, -0.05) is 200 Å². The van der Waals surface area contributed by atoms with Crippen LogP contribution in [0.2, 0.25) is 0 Å². The van der Waals surface area contributed by atoms with Gasteiger partial charge in [-0.15, -0.1) is 11.3 Å². The van der Waals surface area contributed by atoms with E-state index in [0.29, 0.717) is 34.4 Å². The van der Waals surface area contributed by atoms with Crippen molar-refractivity contribution >= 4 is 125 Å². The number of furan rings is 2. The molecule has 0 atom stereocenters. The van der Waals surface area contributed by atoms with Gasteiger partial charge < -0.3 is 18.0 Å². The van der Waals surface area contributed by atoms with E-state index in [0.717, 1.165) is 142 Å². The molecule has 19 aromatic rings. The van der Waals surface area contributed by atoms with Crippen LogP contribution in [0, 0.1) is 6.57 Å². The maximum Gasteiger partial charge on any atom is 0.213 e. The van der Waals surface area contributed by atoms with Gasteiger partial charge in [0.15, 0.2) is 17.5 Å². The minimum Gasteiger partial charge on any atom is -0.455 e. The second-order valence-corrected chi connectivity index (χ2v) is 24.3. The highest BCUT2D eigenvalue weighted by molar-refractivity contribution is 7.25. The van der Waals surface area contributed by atoms with Crippen LogP contribution in [0.3, 0.4) is 0 Å². The van der Waals surface area contributed by atoms with Crippen LogP contribution in [-0.4, -0.2) is 24.1 Å². The van der Waals surface area contributed by atoms with E-state index in [1.165, 1.54) is 15.5 Å². The number of hydrogen-bond acceptors (Lipinski definition) is 6. The summed E-state index contributed by atoms with van der Waals surface area (Å²) in [6, 6.07) is 97.6. The summed E-state index contributed by atoms with van der Waals surface area (Å²) in [6.45, 7) is 9.72.